The second-order valence-electron chi connectivity index (χ2n) is 5.63. The highest BCUT2D eigenvalue weighted by atomic mass is 35.5. The van der Waals surface area contributed by atoms with Crippen molar-refractivity contribution in [1.82, 2.24) is 14.9 Å². The lowest BCUT2D eigenvalue weighted by molar-refractivity contribution is -0.113. The van der Waals surface area contributed by atoms with Crippen LogP contribution in [-0.4, -0.2) is 32.7 Å². The summed E-state index contributed by atoms with van der Waals surface area (Å²) in [5.74, 6) is 5.83. The van der Waals surface area contributed by atoms with E-state index in [9.17, 15) is 4.79 Å². The zero-order chi connectivity index (χ0) is 21.7. The predicted octanol–water partition coefficient (Wildman–Crippen LogP) is 4.78. The van der Waals surface area contributed by atoms with Crippen LogP contribution in [0.1, 0.15) is 5.56 Å². The number of hydrogen-bond acceptors (Lipinski definition) is 7. The molecule has 156 valence electrons. The molecular formula is C17H13Cl4N7OS. The maximum absolute atomic E-state index is 12.2. The van der Waals surface area contributed by atoms with Crippen molar-refractivity contribution in [2.24, 2.45) is 5.10 Å². The number of aromatic nitrogens is 3. The second kappa shape index (κ2) is 10.2. The highest BCUT2D eigenvalue weighted by molar-refractivity contribution is 7.99. The highest BCUT2D eigenvalue weighted by Gasteiger charge is 2.13. The first-order valence-electron chi connectivity index (χ1n) is 8.17. The number of benzene rings is 2. The largest absolute Gasteiger partial charge is 0.334 e. The number of hydrogen-bond donors (Lipinski definition) is 3. The van der Waals surface area contributed by atoms with E-state index in [1.165, 1.54) is 10.9 Å². The van der Waals surface area contributed by atoms with Gasteiger partial charge < -0.3 is 11.2 Å². The van der Waals surface area contributed by atoms with E-state index >= 15 is 0 Å². The molecular weight excluding hydrogens is 492 g/mol. The molecule has 0 unspecified atom stereocenters. The van der Waals surface area contributed by atoms with Crippen molar-refractivity contribution in [2.75, 3.05) is 22.3 Å². The van der Waals surface area contributed by atoms with Gasteiger partial charge in [0.15, 0.2) is 0 Å². The normalized spacial score (nSPS) is 11.1. The third-order valence-corrected chi connectivity index (χ3v) is 6.17. The fourth-order valence-electron chi connectivity index (χ4n) is 2.15. The molecule has 0 aliphatic heterocycles. The van der Waals surface area contributed by atoms with Crippen molar-refractivity contribution in [3.63, 3.8) is 0 Å². The SMILES string of the molecule is Nn1c(N/N=C/c2cccc(Cl)c2Cl)nnc1SCC(=O)Nc1cccc(Cl)c1Cl. The number of amides is 1. The molecule has 0 saturated heterocycles. The number of nitrogens with one attached hydrogen (secondary N) is 2. The van der Waals surface area contributed by atoms with E-state index in [0.717, 1.165) is 11.8 Å². The van der Waals surface area contributed by atoms with Gasteiger partial charge in [-0.15, -0.1) is 10.2 Å². The minimum Gasteiger partial charge on any atom is -0.334 e. The van der Waals surface area contributed by atoms with Gasteiger partial charge in [-0.25, -0.2) is 10.1 Å². The summed E-state index contributed by atoms with van der Waals surface area (Å²) in [5, 5.41) is 16.2. The molecule has 2 aromatic carbocycles. The summed E-state index contributed by atoms with van der Waals surface area (Å²) >= 11 is 25.1. The number of hydrazone groups is 1. The second-order valence-corrected chi connectivity index (χ2v) is 8.14. The standard InChI is InChI=1S/C17H13Cl4N7OS/c18-10-4-1-3-9(14(10)20)7-23-25-16-26-27-17(28(16)22)30-8-13(29)24-12-6-2-5-11(19)15(12)21/h1-7H,8,22H2,(H,24,29)(H,25,26)/b23-7+. The lowest BCUT2D eigenvalue weighted by atomic mass is 10.2. The zero-order valence-electron chi connectivity index (χ0n) is 14.9. The van der Waals surface area contributed by atoms with Crippen molar-refractivity contribution in [3.8, 4) is 0 Å². The molecule has 0 spiro atoms. The van der Waals surface area contributed by atoms with Gasteiger partial charge in [-0.1, -0.05) is 76.4 Å². The summed E-state index contributed by atoms with van der Waals surface area (Å²) in [6.07, 6.45) is 1.47. The fourth-order valence-corrected chi connectivity index (χ4v) is 3.51. The number of anilines is 2. The van der Waals surface area contributed by atoms with Crippen LogP contribution in [0.3, 0.4) is 0 Å². The summed E-state index contributed by atoms with van der Waals surface area (Å²) in [4.78, 5) is 12.2. The van der Waals surface area contributed by atoms with Crippen LogP contribution in [0, 0.1) is 0 Å². The van der Waals surface area contributed by atoms with Crippen molar-refractivity contribution in [3.05, 3.63) is 62.1 Å². The maximum Gasteiger partial charge on any atom is 0.264 e. The average molecular weight is 505 g/mol. The molecule has 1 aromatic heterocycles. The summed E-state index contributed by atoms with van der Waals surface area (Å²) in [5.41, 5.74) is 3.69. The van der Waals surface area contributed by atoms with Crippen LogP contribution in [0.2, 0.25) is 20.1 Å². The van der Waals surface area contributed by atoms with Gasteiger partial charge >= 0.3 is 0 Å². The van der Waals surface area contributed by atoms with Crippen LogP contribution < -0.4 is 16.6 Å². The first-order valence-corrected chi connectivity index (χ1v) is 10.7. The van der Waals surface area contributed by atoms with Crippen LogP contribution in [0.25, 0.3) is 0 Å². The summed E-state index contributed by atoms with van der Waals surface area (Å²) in [7, 11) is 0. The van der Waals surface area contributed by atoms with Crippen molar-refractivity contribution >= 4 is 81.9 Å². The topological polar surface area (TPSA) is 110 Å². The molecule has 0 saturated carbocycles. The molecule has 0 fully saturated rings. The first-order chi connectivity index (χ1) is 14.4. The Morgan fingerprint density at radius 3 is 2.57 bits per heavy atom. The number of nitrogen functional groups attached to an aromatic ring is 1. The summed E-state index contributed by atoms with van der Waals surface area (Å²) < 4.78 is 1.17. The molecule has 0 bridgehead atoms. The Labute approximate surface area is 195 Å². The Bertz CT molecular complexity index is 1110. The van der Waals surface area contributed by atoms with E-state index in [0.29, 0.717) is 31.5 Å². The Morgan fingerprint density at radius 1 is 1.10 bits per heavy atom. The van der Waals surface area contributed by atoms with Gasteiger partial charge in [0.1, 0.15) is 0 Å². The van der Waals surface area contributed by atoms with E-state index in [1.54, 1.807) is 36.4 Å². The quantitative estimate of drug-likeness (QED) is 0.185. The van der Waals surface area contributed by atoms with E-state index in [1.807, 2.05) is 0 Å². The lowest BCUT2D eigenvalue weighted by Crippen LogP contribution is -2.17. The van der Waals surface area contributed by atoms with Crippen LogP contribution in [-0.2, 0) is 4.79 Å². The first kappa shape index (κ1) is 22.5. The summed E-state index contributed by atoms with van der Waals surface area (Å²) in [6, 6.07) is 10.1. The highest BCUT2D eigenvalue weighted by Crippen LogP contribution is 2.30. The van der Waals surface area contributed by atoms with Crippen molar-refractivity contribution in [1.29, 1.82) is 0 Å². The number of carbonyl (C=O) groups is 1. The average Bonchev–Trinajstić information content (AvgIpc) is 3.07. The monoisotopic (exact) mass is 503 g/mol. The molecule has 4 N–H and O–H groups in total. The van der Waals surface area contributed by atoms with Gasteiger partial charge in [-0.3, -0.25) is 4.79 Å². The van der Waals surface area contributed by atoms with E-state index in [-0.39, 0.29) is 22.6 Å². The molecule has 0 aliphatic carbocycles. The molecule has 1 amide bonds. The van der Waals surface area contributed by atoms with Crippen molar-refractivity contribution < 1.29 is 4.79 Å². The van der Waals surface area contributed by atoms with Crippen LogP contribution in [0.5, 0.6) is 0 Å². The van der Waals surface area contributed by atoms with Gasteiger partial charge in [0, 0.05) is 5.56 Å². The molecule has 0 atom stereocenters. The van der Waals surface area contributed by atoms with Crippen LogP contribution in [0.4, 0.5) is 11.6 Å². The predicted molar refractivity (Wildman–Crippen MR) is 124 cm³/mol. The number of halogens is 4. The molecule has 1 heterocycles. The van der Waals surface area contributed by atoms with Crippen LogP contribution in [0.15, 0.2) is 46.7 Å². The molecule has 3 aromatic rings. The minimum absolute atomic E-state index is 0.0273. The summed E-state index contributed by atoms with van der Waals surface area (Å²) in [6.45, 7) is 0. The van der Waals surface area contributed by atoms with Crippen molar-refractivity contribution in [2.45, 2.75) is 5.16 Å². The van der Waals surface area contributed by atoms with E-state index in [4.69, 9.17) is 52.2 Å². The maximum atomic E-state index is 12.2. The van der Waals surface area contributed by atoms with Gasteiger partial charge in [-0.05, 0) is 18.2 Å². The molecule has 30 heavy (non-hydrogen) atoms. The zero-order valence-corrected chi connectivity index (χ0v) is 18.8. The molecule has 3 rings (SSSR count). The van der Waals surface area contributed by atoms with Gasteiger partial charge in [0.25, 0.3) is 5.95 Å². The third-order valence-electron chi connectivity index (χ3n) is 3.57. The number of nitrogens with zero attached hydrogens (tertiary/aromatic N) is 4. The Kier molecular flexibility index (Phi) is 7.68. The Balaban J connectivity index is 1.57. The molecule has 0 radical (unpaired) electrons. The van der Waals surface area contributed by atoms with Gasteiger partial charge in [0.05, 0.1) is 37.7 Å². The Morgan fingerprint density at radius 2 is 1.80 bits per heavy atom. The molecule has 8 nitrogen and oxygen atoms in total. The van der Waals surface area contributed by atoms with E-state index < -0.39 is 0 Å². The smallest absolute Gasteiger partial charge is 0.264 e. The van der Waals surface area contributed by atoms with Gasteiger partial charge in [0.2, 0.25) is 11.1 Å². The molecule has 0 aliphatic rings. The van der Waals surface area contributed by atoms with Gasteiger partial charge in [-0.2, -0.15) is 5.10 Å². The fraction of sp³-hybridized carbons (Fsp3) is 0.0588. The van der Waals surface area contributed by atoms with Crippen LogP contribution >= 0.6 is 58.2 Å². The number of nitrogens with two attached hydrogens (primary N) is 1. The van der Waals surface area contributed by atoms with E-state index in [2.05, 4.69) is 26.0 Å². The lowest BCUT2D eigenvalue weighted by Gasteiger charge is -2.08. The Hall–Kier alpha value is -2.17. The number of rotatable bonds is 7. The number of thioether (sulfide) groups is 1. The molecule has 13 heteroatoms. The number of carbonyl (C=O) groups excluding carboxylic acids is 1. The third kappa shape index (κ3) is 5.50. The minimum atomic E-state index is -0.310.